The maximum absolute atomic E-state index is 13.7. The van der Waals surface area contributed by atoms with Crippen molar-refractivity contribution in [2.75, 3.05) is 46.5 Å². The number of nitrogens with one attached hydrogen (secondary N) is 2. The van der Waals surface area contributed by atoms with Gasteiger partial charge in [0.05, 0.1) is 19.6 Å². The van der Waals surface area contributed by atoms with Crippen LogP contribution in [0, 0.1) is 17.8 Å². The molecule has 2 aromatic carbocycles. The summed E-state index contributed by atoms with van der Waals surface area (Å²) in [6.45, 7) is 7.24. The second-order valence-corrected chi connectivity index (χ2v) is 11.0. The fourth-order valence-corrected chi connectivity index (χ4v) is 5.43. The summed E-state index contributed by atoms with van der Waals surface area (Å²) in [6.07, 6.45) is 2.70. The largest absolute Gasteiger partial charge is 0.493 e. The van der Waals surface area contributed by atoms with E-state index in [1.807, 2.05) is 36.9 Å². The average Bonchev–Trinajstić information content (AvgIpc) is 3.67. The smallest absolute Gasteiger partial charge is 0.254 e. The minimum atomic E-state index is -0.0865. The van der Waals surface area contributed by atoms with Crippen LogP contribution in [0.25, 0.3) is 0 Å². The molecular weight excluding hydrogens is 494 g/mol. The van der Waals surface area contributed by atoms with Gasteiger partial charge in [-0.3, -0.25) is 9.59 Å². The Morgan fingerprint density at radius 1 is 1.08 bits per heavy atom. The number of carbonyl (C=O) groups is 2. The van der Waals surface area contributed by atoms with Crippen LogP contribution in [0.4, 0.5) is 0 Å². The van der Waals surface area contributed by atoms with E-state index in [1.54, 1.807) is 25.3 Å². The quantitative estimate of drug-likeness (QED) is 0.319. The molecule has 2 aromatic rings. The van der Waals surface area contributed by atoms with Gasteiger partial charge in [-0.25, -0.2) is 0 Å². The lowest BCUT2D eigenvalue weighted by Gasteiger charge is -2.32. The summed E-state index contributed by atoms with van der Waals surface area (Å²) in [5, 5.41) is 15.8. The minimum Gasteiger partial charge on any atom is -0.493 e. The number of benzene rings is 2. The van der Waals surface area contributed by atoms with Gasteiger partial charge in [-0.1, -0.05) is 30.3 Å². The van der Waals surface area contributed by atoms with Crippen LogP contribution in [-0.4, -0.2) is 74.4 Å². The monoisotopic (exact) mass is 537 g/mol. The first-order valence-corrected chi connectivity index (χ1v) is 14.2. The Bertz CT molecular complexity index is 1090. The Morgan fingerprint density at radius 3 is 2.49 bits per heavy atom. The molecule has 0 spiro atoms. The number of ether oxygens (including phenoxy) is 2. The molecule has 0 bridgehead atoms. The maximum Gasteiger partial charge on any atom is 0.254 e. The van der Waals surface area contributed by atoms with Crippen molar-refractivity contribution >= 4 is 11.8 Å². The van der Waals surface area contributed by atoms with Crippen LogP contribution >= 0.6 is 0 Å². The molecule has 3 N–H and O–H groups in total. The van der Waals surface area contributed by atoms with Crippen molar-refractivity contribution in [1.29, 1.82) is 0 Å². The van der Waals surface area contributed by atoms with Gasteiger partial charge < -0.3 is 30.1 Å². The lowest BCUT2D eigenvalue weighted by atomic mass is 9.91. The number of aliphatic hydroxyl groups excluding tert-OH is 1. The summed E-state index contributed by atoms with van der Waals surface area (Å²) in [5.41, 5.74) is 1.63. The van der Waals surface area contributed by atoms with Crippen molar-refractivity contribution in [1.82, 2.24) is 15.5 Å². The zero-order valence-electron chi connectivity index (χ0n) is 23.4. The molecule has 1 unspecified atom stereocenters. The third-order valence-electron chi connectivity index (χ3n) is 7.84. The molecule has 2 fully saturated rings. The van der Waals surface area contributed by atoms with E-state index in [2.05, 4.69) is 22.8 Å². The minimum absolute atomic E-state index is 0.00604. The first-order chi connectivity index (χ1) is 18.9. The molecule has 3 atom stereocenters. The summed E-state index contributed by atoms with van der Waals surface area (Å²) in [4.78, 5) is 28.8. The van der Waals surface area contributed by atoms with Crippen LogP contribution in [0.2, 0.25) is 0 Å². The second kappa shape index (κ2) is 13.8. The van der Waals surface area contributed by atoms with Crippen LogP contribution < -0.4 is 20.1 Å². The van der Waals surface area contributed by atoms with E-state index in [1.165, 1.54) is 0 Å². The van der Waals surface area contributed by atoms with Gasteiger partial charge >= 0.3 is 0 Å². The molecule has 39 heavy (non-hydrogen) atoms. The van der Waals surface area contributed by atoms with Gasteiger partial charge in [-0.05, 0) is 68.2 Å². The number of nitrogens with zero attached hydrogens (tertiary/aromatic N) is 1. The number of amides is 2. The molecule has 1 heterocycles. The van der Waals surface area contributed by atoms with Crippen molar-refractivity contribution in [3.63, 3.8) is 0 Å². The van der Waals surface area contributed by atoms with E-state index in [4.69, 9.17) is 14.6 Å². The standard InChI is InChI=1S/C31H43N3O5/c1-21(2)34(31(37)24-12-13-27(38-3)28(16-24)39-15-7-14-35)20-26-18-32-17-25(26)19-33-30(36)29(23-10-11-23)22-8-5-4-6-9-22/h4-6,8-9,12-13,16,21,23,25-26,29,32,35H,7,10-11,14-15,17-20H2,1-3H3,(H,33,36)/t25-,26-,29?/m0/s1. The molecule has 1 aliphatic heterocycles. The lowest BCUT2D eigenvalue weighted by molar-refractivity contribution is -0.123. The Balaban J connectivity index is 1.40. The molecule has 2 aliphatic rings. The van der Waals surface area contributed by atoms with E-state index >= 15 is 0 Å². The third-order valence-corrected chi connectivity index (χ3v) is 7.84. The predicted octanol–water partition coefficient (Wildman–Crippen LogP) is 3.45. The van der Waals surface area contributed by atoms with E-state index in [0.717, 1.165) is 31.5 Å². The Morgan fingerprint density at radius 2 is 1.82 bits per heavy atom. The van der Waals surface area contributed by atoms with E-state index in [0.29, 0.717) is 49.1 Å². The number of carbonyl (C=O) groups excluding carboxylic acids is 2. The first kappa shape index (κ1) is 28.9. The van der Waals surface area contributed by atoms with Crippen LogP contribution in [0.1, 0.15) is 54.9 Å². The summed E-state index contributed by atoms with van der Waals surface area (Å²) in [5.74, 6) is 1.91. The molecule has 8 heteroatoms. The highest BCUT2D eigenvalue weighted by molar-refractivity contribution is 5.95. The Labute approximate surface area is 232 Å². The molecule has 1 aliphatic carbocycles. The van der Waals surface area contributed by atoms with Crippen molar-refractivity contribution in [3.8, 4) is 11.5 Å². The van der Waals surface area contributed by atoms with Crippen molar-refractivity contribution < 1.29 is 24.2 Å². The highest BCUT2D eigenvalue weighted by Gasteiger charge is 2.38. The van der Waals surface area contributed by atoms with Crippen molar-refractivity contribution in [3.05, 3.63) is 59.7 Å². The fraction of sp³-hybridized carbons (Fsp3) is 0.548. The second-order valence-electron chi connectivity index (χ2n) is 11.0. The van der Waals surface area contributed by atoms with Crippen LogP contribution in [0.5, 0.6) is 11.5 Å². The molecule has 4 rings (SSSR count). The van der Waals surface area contributed by atoms with Gasteiger partial charge in [-0.15, -0.1) is 0 Å². The number of hydrogen-bond acceptors (Lipinski definition) is 6. The van der Waals surface area contributed by atoms with Gasteiger partial charge in [0, 0.05) is 50.8 Å². The average molecular weight is 538 g/mol. The third kappa shape index (κ3) is 7.51. The summed E-state index contributed by atoms with van der Waals surface area (Å²) in [6, 6.07) is 15.3. The van der Waals surface area contributed by atoms with Crippen LogP contribution in [0.15, 0.2) is 48.5 Å². The van der Waals surface area contributed by atoms with Crippen LogP contribution in [0.3, 0.4) is 0 Å². The number of methoxy groups -OCH3 is 1. The number of rotatable bonds is 14. The predicted molar refractivity (Wildman–Crippen MR) is 151 cm³/mol. The normalized spacial score (nSPS) is 19.5. The van der Waals surface area contributed by atoms with Gasteiger partial charge in [0.25, 0.3) is 5.91 Å². The van der Waals surface area contributed by atoms with Crippen molar-refractivity contribution in [2.24, 2.45) is 17.8 Å². The van der Waals surface area contributed by atoms with E-state index < -0.39 is 0 Å². The maximum atomic E-state index is 13.7. The topological polar surface area (TPSA) is 100 Å². The van der Waals surface area contributed by atoms with Gasteiger partial charge in [-0.2, -0.15) is 0 Å². The highest BCUT2D eigenvalue weighted by atomic mass is 16.5. The molecule has 0 radical (unpaired) electrons. The molecule has 1 saturated heterocycles. The molecular formula is C31H43N3O5. The summed E-state index contributed by atoms with van der Waals surface area (Å²) < 4.78 is 11.2. The summed E-state index contributed by atoms with van der Waals surface area (Å²) >= 11 is 0. The molecule has 8 nitrogen and oxygen atoms in total. The Hall–Kier alpha value is -3.10. The SMILES string of the molecule is COc1ccc(C(=O)N(C[C@@H]2CNC[C@H]2CNC(=O)C(c2ccccc2)C2CC2)C(C)C)cc1OCCCO. The first-order valence-electron chi connectivity index (χ1n) is 14.2. The molecule has 2 amide bonds. The number of aliphatic hydroxyl groups is 1. The van der Waals surface area contributed by atoms with E-state index in [-0.39, 0.29) is 42.2 Å². The lowest BCUT2D eigenvalue weighted by Crippen LogP contribution is -2.44. The fourth-order valence-electron chi connectivity index (χ4n) is 5.43. The Kier molecular flexibility index (Phi) is 10.2. The number of hydrogen-bond donors (Lipinski definition) is 3. The molecule has 0 aromatic heterocycles. The van der Waals surface area contributed by atoms with Crippen LogP contribution in [-0.2, 0) is 4.79 Å². The van der Waals surface area contributed by atoms with E-state index in [9.17, 15) is 9.59 Å². The van der Waals surface area contributed by atoms with Crippen molar-refractivity contribution in [2.45, 2.75) is 45.1 Å². The van der Waals surface area contributed by atoms with Gasteiger partial charge in [0.2, 0.25) is 5.91 Å². The molecule has 1 saturated carbocycles. The zero-order chi connectivity index (χ0) is 27.8. The zero-order valence-corrected chi connectivity index (χ0v) is 23.4. The highest BCUT2D eigenvalue weighted by Crippen LogP contribution is 2.42. The van der Waals surface area contributed by atoms with Gasteiger partial charge in [0.15, 0.2) is 11.5 Å². The van der Waals surface area contributed by atoms with Gasteiger partial charge in [0.1, 0.15) is 0 Å². The molecule has 212 valence electrons. The summed E-state index contributed by atoms with van der Waals surface area (Å²) in [7, 11) is 1.56.